The molecule has 4 nitrogen and oxygen atoms in total. The summed E-state index contributed by atoms with van der Waals surface area (Å²) in [4.78, 5) is 1.73. The number of alkyl halides is 15. The van der Waals surface area contributed by atoms with Crippen LogP contribution in [0.5, 0.6) is 0 Å². The Bertz CT molecular complexity index is 606. The molecule has 0 fully saturated rings. The van der Waals surface area contributed by atoms with Crippen LogP contribution in [-0.2, 0) is 4.74 Å². The molecule has 19 heteroatoms. The first kappa shape index (κ1) is 26.2. The van der Waals surface area contributed by atoms with Crippen LogP contribution in [0.15, 0.2) is 5.11 Å². The number of halogens is 15. The second-order valence-electron chi connectivity index (χ2n) is 4.77. The Kier molecular flexibility index (Phi) is 6.77. The zero-order valence-corrected chi connectivity index (χ0v) is 12.3. The van der Waals surface area contributed by atoms with Gasteiger partial charge >= 0.3 is 42.1 Å². The Morgan fingerprint density at radius 2 is 1.04 bits per heavy atom. The van der Waals surface area contributed by atoms with E-state index in [1.807, 2.05) is 0 Å². The lowest BCUT2D eigenvalue weighted by Gasteiger charge is -2.38. The lowest BCUT2D eigenvalue weighted by Crippen LogP contribution is -2.66. The van der Waals surface area contributed by atoms with Gasteiger partial charge in [-0.15, -0.1) is 0 Å². The fraction of sp³-hybridized carbons (Fsp3) is 1.00. The lowest BCUT2D eigenvalue weighted by molar-refractivity contribution is -0.515. The number of nitrogens with zero attached hydrogens (tertiary/aromatic N) is 3. The van der Waals surface area contributed by atoms with Crippen molar-refractivity contribution >= 4 is 0 Å². The van der Waals surface area contributed by atoms with Gasteiger partial charge in [0, 0.05) is 17.9 Å². The molecule has 0 saturated carbocycles. The molecule has 0 saturated heterocycles. The molecule has 0 aromatic carbocycles. The molecule has 0 atom stereocenters. The predicted octanol–water partition coefficient (Wildman–Crippen LogP) is 5.99. The summed E-state index contributed by atoms with van der Waals surface area (Å²) in [6.07, 6.45) is -25.2. The molecule has 0 aliphatic carbocycles. The maximum absolute atomic E-state index is 13.2. The maximum Gasteiger partial charge on any atom is 0.462 e. The Morgan fingerprint density at radius 1 is 0.643 bits per heavy atom. The summed E-state index contributed by atoms with van der Waals surface area (Å²) in [5, 5.41) is 2.19. The molecule has 0 radical (unpaired) electrons. The molecule has 0 heterocycles. The van der Waals surface area contributed by atoms with Gasteiger partial charge < -0.3 is 0 Å². The van der Waals surface area contributed by atoms with E-state index in [-0.39, 0.29) is 0 Å². The van der Waals surface area contributed by atoms with Crippen LogP contribution in [0.25, 0.3) is 10.4 Å². The van der Waals surface area contributed by atoms with Crippen molar-refractivity contribution in [1.82, 2.24) is 0 Å². The van der Waals surface area contributed by atoms with Crippen molar-refractivity contribution in [3.8, 4) is 0 Å². The van der Waals surface area contributed by atoms with Crippen LogP contribution in [0.3, 0.4) is 0 Å². The molecule has 0 aromatic heterocycles. The predicted molar refractivity (Wildman–Crippen MR) is 55.5 cm³/mol. The summed E-state index contributed by atoms with van der Waals surface area (Å²) in [7, 11) is 0. The quantitative estimate of drug-likeness (QED) is 0.182. The van der Waals surface area contributed by atoms with Gasteiger partial charge in [0.25, 0.3) is 0 Å². The van der Waals surface area contributed by atoms with Crippen LogP contribution < -0.4 is 0 Å². The zero-order valence-electron chi connectivity index (χ0n) is 12.3. The highest BCUT2D eigenvalue weighted by atomic mass is 19.4. The van der Waals surface area contributed by atoms with Gasteiger partial charge in [0.1, 0.15) is 0 Å². The molecule has 0 unspecified atom stereocenters. The SMILES string of the molecule is [N-]=[N+]=NCCC(F)(F)C(F)(F)C(F)(F)C(F)(F)OC(F)(F)C(F)(F)C(F)(F)F. The summed E-state index contributed by atoms with van der Waals surface area (Å²) in [5.41, 5.74) is 7.72. The second-order valence-corrected chi connectivity index (χ2v) is 4.77. The van der Waals surface area contributed by atoms with Crippen molar-refractivity contribution in [2.45, 2.75) is 48.5 Å². The van der Waals surface area contributed by atoms with Crippen molar-refractivity contribution in [3.05, 3.63) is 10.4 Å². The van der Waals surface area contributed by atoms with Gasteiger partial charge in [0.05, 0.1) is 0 Å². The van der Waals surface area contributed by atoms with Gasteiger partial charge in [-0.05, 0) is 5.53 Å². The molecule has 0 amide bonds. The normalized spacial score (nSPS) is 15.4. The minimum atomic E-state index is -7.73. The number of hydrogen-bond acceptors (Lipinski definition) is 2. The molecule has 28 heavy (non-hydrogen) atoms. The standard InChI is InChI=1S/C9H4F15N3O/c10-3(11,1-2-26-27-25)4(12,13)5(14,15)8(21,22)28-9(23,24)6(16,17)7(18,19)20/h1-2H2. The third-order valence-electron chi connectivity index (χ3n) is 2.79. The largest absolute Gasteiger partial charge is 0.462 e. The minimum absolute atomic E-state index is 1.31. The maximum atomic E-state index is 13.2. The Balaban J connectivity index is 6.01. The summed E-state index contributed by atoms with van der Waals surface area (Å²) in [6, 6.07) is 0. The highest BCUT2D eigenvalue weighted by Crippen LogP contribution is 2.57. The smallest absolute Gasteiger partial charge is 0.245 e. The van der Waals surface area contributed by atoms with E-state index < -0.39 is 55.0 Å². The number of hydrogen-bond donors (Lipinski definition) is 0. The topological polar surface area (TPSA) is 58.0 Å². The Labute approximate surface area is 142 Å². The molecule has 0 spiro atoms. The van der Waals surface area contributed by atoms with E-state index in [2.05, 4.69) is 5.11 Å². The molecule has 166 valence electrons. The lowest BCUT2D eigenvalue weighted by atomic mass is 10.0. The van der Waals surface area contributed by atoms with Gasteiger partial charge in [-0.2, -0.15) is 65.9 Å². The van der Waals surface area contributed by atoms with E-state index in [0.717, 1.165) is 0 Å². The van der Waals surface area contributed by atoms with Gasteiger partial charge in [-0.3, -0.25) is 0 Å². The average molecular weight is 455 g/mol. The van der Waals surface area contributed by atoms with Crippen molar-refractivity contribution in [2.24, 2.45) is 5.11 Å². The molecular weight excluding hydrogens is 451 g/mol. The van der Waals surface area contributed by atoms with Crippen LogP contribution >= 0.6 is 0 Å². The summed E-state index contributed by atoms with van der Waals surface area (Å²) in [5.74, 6) is -28.9. The summed E-state index contributed by atoms with van der Waals surface area (Å²) >= 11 is 0. The van der Waals surface area contributed by atoms with E-state index in [4.69, 9.17) is 5.53 Å². The van der Waals surface area contributed by atoms with Gasteiger partial charge in [-0.1, -0.05) is 5.11 Å². The first-order chi connectivity index (χ1) is 12.0. The first-order valence-electron chi connectivity index (χ1n) is 6.06. The molecule has 0 rings (SSSR count). The third kappa shape index (κ3) is 4.28. The fourth-order valence-electron chi connectivity index (χ4n) is 1.26. The molecular formula is C9H4F15N3O. The van der Waals surface area contributed by atoms with Crippen LogP contribution in [-0.4, -0.2) is 48.6 Å². The van der Waals surface area contributed by atoms with E-state index in [1.165, 1.54) is 4.74 Å². The highest BCUT2D eigenvalue weighted by molar-refractivity contribution is 5.02. The van der Waals surface area contributed by atoms with Crippen molar-refractivity contribution in [2.75, 3.05) is 6.54 Å². The summed E-state index contributed by atoms with van der Waals surface area (Å²) in [6.45, 7) is -1.70. The highest BCUT2D eigenvalue weighted by Gasteiger charge is 2.85. The van der Waals surface area contributed by atoms with Gasteiger partial charge in [0.2, 0.25) is 0 Å². The van der Waals surface area contributed by atoms with E-state index in [9.17, 15) is 65.9 Å². The second kappa shape index (κ2) is 7.23. The third-order valence-corrected chi connectivity index (χ3v) is 2.79. The zero-order chi connectivity index (χ0) is 23.0. The van der Waals surface area contributed by atoms with E-state index in [0.29, 0.717) is 0 Å². The first-order valence-corrected chi connectivity index (χ1v) is 6.06. The van der Waals surface area contributed by atoms with Gasteiger partial charge in [0.15, 0.2) is 0 Å². The van der Waals surface area contributed by atoms with Crippen LogP contribution in [0.4, 0.5) is 65.9 Å². The van der Waals surface area contributed by atoms with E-state index in [1.54, 1.807) is 4.91 Å². The van der Waals surface area contributed by atoms with Gasteiger partial charge in [-0.25, -0.2) is 4.74 Å². The van der Waals surface area contributed by atoms with E-state index >= 15 is 0 Å². The monoisotopic (exact) mass is 455 g/mol. The van der Waals surface area contributed by atoms with Crippen LogP contribution in [0.2, 0.25) is 0 Å². The molecule has 0 N–H and O–H groups in total. The minimum Gasteiger partial charge on any atom is -0.245 e. The molecule has 0 bridgehead atoms. The Hall–Kier alpha value is -1.78. The fourth-order valence-corrected chi connectivity index (χ4v) is 1.26. The van der Waals surface area contributed by atoms with Crippen molar-refractivity contribution in [1.29, 1.82) is 0 Å². The Morgan fingerprint density at radius 3 is 1.39 bits per heavy atom. The number of rotatable bonds is 9. The molecule has 0 aliphatic heterocycles. The van der Waals surface area contributed by atoms with Crippen molar-refractivity contribution in [3.63, 3.8) is 0 Å². The average Bonchev–Trinajstić information content (AvgIpc) is 2.44. The number of ether oxygens (including phenoxy) is 1. The van der Waals surface area contributed by atoms with Crippen molar-refractivity contribution < 1.29 is 70.6 Å². The van der Waals surface area contributed by atoms with Crippen LogP contribution in [0, 0.1) is 0 Å². The number of azide groups is 1. The molecule has 0 aliphatic rings. The molecule has 0 aromatic rings. The van der Waals surface area contributed by atoms with Crippen LogP contribution in [0.1, 0.15) is 6.42 Å². The summed E-state index contributed by atoms with van der Waals surface area (Å²) < 4.78 is 191.